The molecule has 1 heterocycles. The molecular formula is C33H33N3O2. The van der Waals surface area contributed by atoms with Gasteiger partial charge < -0.3 is 14.6 Å². The number of carbonyl (C=O) groups is 1. The zero-order valence-corrected chi connectivity index (χ0v) is 22.0. The molecule has 0 aliphatic heterocycles. The number of nitrogens with one attached hydrogen (secondary N) is 1. The molecule has 0 saturated heterocycles. The first-order valence-electron chi connectivity index (χ1n) is 13.1. The average Bonchev–Trinajstić information content (AvgIpc) is 3.28. The number of imidazole rings is 1. The van der Waals surface area contributed by atoms with E-state index in [1.807, 2.05) is 54.6 Å². The Morgan fingerprint density at radius 3 is 2.26 bits per heavy atom. The smallest absolute Gasteiger partial charge is 0.224 e. The zero-order valence-electron chi connectivity index (χ0n) is 22.0. The van der Waals surface area contributed by atoms with Gasteiger partial charge in [0, 0.05) is 13.0 Å². The van der Waals surface area contributed by atoms with Crippen LogP contribution in [0.2, 0.25) is 0 Å². The summed E-state index contributed by atoms with van der Waals surface area (Å²) in [7, 11) is 0. The molecule has 5 nitrogen and oxygen atoms in total. The molecule has 0 bridgehead atoms. The van der Waals surface area contributed by atoms with Gasteiger partial charge >= 0.3 is 0 Å². The van der Waals surface area contributed by atoms with Crippen molar-refractivity contribution in [1.29, 1.82) is 0 Å². The van der Waals surface area contributed by atoms with E-state index in [1.165, 1.54) is 5.56 Å². The number of ether oxygens (including phenoxy) is 1. The van der Waals surface area contributed by atoms with E-state index in [0.717, 1.165) is 44.9 Å². The van der Waals surface area contributed by atoms with E-state index in [4.69, 9.17) is 9.72 Å². The van der Waals surface area contributed by atoms with Gasteiger partial charge in [0.25, 0.3) is 0 Å². The van der Waals surface area contributed by atoms with E-state index in [9.17, 15) is 4.79 Å². The summed E-state index contributed by atoms with van der Waals surface area (Å²) < 4.78 is 8.38. The molecule has 5 rings (SSSR count). The largest absolute Gasteiger partial charge is 0.491 e. The Morgan fingerprint density at radius 2 is 1.50 bits per heavy atom. The van der Waals surface area contributed by atoms with E-state index >= 15 is 0 Å². The Morgan fingerprint density at radius 1 is 0.816 bits per heavy atom. The summed E-state index contributed by atoms with van der Waals surface area (Å²) in [6.45, 7) is 5.90. The summed E-state index contributed by atoms with van der Waals surface area (Å²) in [5, 5.41) is 3.07. The number of aryl methyl sites for hydroxylation is 2. The lowest BCUT2D eigenvalue weighted by Crippen LogP contribution is -2.28. The minimum Gasteiger partial charge on any atom is -0.491 e. The van der Waals surface area contributed by atoms with Gasteiger partial charge in [-0.3, -0.25) is 4.79 Å². The average molecular weight is 504 g/mol. The molecule has 5 heteroatoms. The molecule has 38 heavy (non-hydrogen) atoms. The van der Waals surface area contributed by atoms with E-state index in [0.29, 0.717) is 32.5 Å². The first kappa shape index (κ1) is 25.3. The standard InChI is InChI=1S/C33H33N3O2/c1-24-9-8-10-25(2)33(24)38-22-21-36-30-14-7-6-13-29(30)35-31(36)19-20-34-32(37)23-26-15-17-28(18-16-26)27-11-4-3-5-12-27/h3-18H,19-23H2,1-2H3,(H,34,37). The van der Waals surface area contributed by atoms with Crippen molar-refractivity contribution in [2.24, 2.45) is 0 Å². The summed E-state index contributed by atoms with van der Waals surface area (Å²) in [6.07, 6.45) is 1.01. The highest BCUT2D eigenvalue weighted by Crippen LogP contribution is 2.23. The van der Waals surface area contributed by atoms with Gasteiger partial charge in [0.1, 0.15) is 18.2 Å². The molecule has 0 radical (unpaired) electrons. The molecule has 1 N–H and O–H groups in total. The molecule has 0 aliphatic rings. The number of carbonyl (C=O) groups excluding carboxylic acids is 1. The van der Waals surface area contributed by atoms with Crippen molar-refractivity contribution < 1.29 is 9.53 Å². The number of para-hydroxylation sites is 3. The third-order valence-electron chi connectivity index (χ3n) is 6.80. The molecule has 0 saturated carbocycles. The molecule has 0 fully saturated rings. The fraction of sp³-hybridized carbons (Fsp3) is 0.212. The highest BCUT2D eigenvalue weighted by atomic mass is 16.5. The SMILES string of the molecule is Cc1cccc(C)c1OCCn1c(CCNC(=O)Cc2ccc(-c3ccccc3)cc2)nc2ccccc21. The number of benzene rings is 4. The second-order valence-electron chi connectivity index (χ2n) is 9.58. The van der Waals surface area contributed by atoms with Crippen molar-refractivity contribution in [2.45, 2.75) is 33.2 Å². The van der Waals surface area contributed by atoms with Crippen LogP contribution in [0.15, 0.2) is 97.1 Å². The van der Waals surface area contributed by atoms with Crippen molar-refractivity contribution in [2.75, 3.05) is 13.2 Å². The van der Waals surface area contributed by atoms with Crippen LogP contribution in [0.5, 0.6) is 5.75 Å². The molecule has 0 aliphatic carbocycles. The van der Waals surface area contributed by atoms with Crippen LogP contribution in [0.4, 0.5) is 0 Å². The monoisotopic (exact) mass is 503 g/mol. The molecule has 0 atom stereocenters. The second kappa shape index (κ2) is 11.8. The molecule has 4 aromatic carbocycles. The number of amides is 1. The Bertz CT molecular complexity index is 1500. The van der Waals surface area contributed by atoms with Gasteiger partial charge in [0.15, 0.2) is 0 Å². The Balaban J connectivity index is 1.18. The fourth-order valence-corrected chi connectivity index (χ4v) is 4.84. The summed E-state index contributed by atoms with van der Waals surface area (Å²) in [5.41, 5.74) is 7.63. The number of rotatable bonds is 10. The zero-order chi connectivity index (χ0) is 26.3. The Kier molecular flexibility index (Phi) is 7.84. The molecule has 1 aromatic heterocycles. The van der Waals surface area contributed by atoms with Crippen molar-refractivity contribution in [1.82, 2.24) is 14.9 Å². The molecule has 0 spiro atoms. The van der Waals surface area contributed by atoms with Crippen LogP contribution >= 0.6 is 0 Å². The second-order valence-corrected chi connectivity index (χ2v) is 9.58. The van der Waals surface area contributed by atoms with E-state index in [1.54, 1.807) is 0 Å². The van der Waals surface area contributed by atoms with E-state index in [2.05, 4.69) is 66.2 Å². The Labute approximate surface area is 224 Å². The van der Waals surface area contributed by atoms with Crippen molar-refractivity contribution in [3.63, 3.8) is 0 Å². The lowest BCUT2D eigenvalue weighted by molar-refractivity contribution is -0.120. The first-order valence-corrected chi connectivity index (χ1v) is 13.1. The van der Waals surface area contributed by atoms with Crippen molar-refractivity contribution in [3.8, 4) is 16.9 Å². The van der Waals surface area contributed by atoms with Crippen LogP contribution in [0.1, 0.15) is 22.5 Å². The summed E-state index contributed by atoms with van der Waals surface area (Å²) >= 11 is 0. The third-order valence-corrected chi connectivity index (χ3v) is 6.80. The van der Waals surface area contributed by atoms with Crippen LogP contribution in [-0.2, 0) is 24.2 Å². The topological polar surface area (TPSA) is 56.1 Å². The normalized spacial score (nSPS) is 11.0. The molecular weight excluding hydrogens is 470 g/mol. The summed E-state index contributed by atoms with van der Waals surface area (Å²) in [4.78, 5) is 17.5. The van der Waals surface area contributed by atoms with Gasteiger partial charge in [0.05, 0.1) is 24.0 Å². The molecule has 5 aromatic rings. The van der Waals surface area contributed by atoms with Crippen LogP contribution in [-0.4, -0.2) is 28.6 Å². The van der Waals surface area contributed by atoms with Crippen LogP contribution < -0.4 is 10.1 Å². The highest BCUT2D eigenvalue weighted by Gasteiger charge is 2.12. The van der Waals surface area contributed by atoms with Gasteiger partial charge in [-0.2, -0.15) is 0 Å². The van der Waals surface area contributed by atoms with Crippen molar-refractivity contribution >= 4 is 16.9 Å². The minimum absolute atomic E-state index is 0.0125. The van der Waals surface area contributed by atoms with Crippen LogP contribution in [0, 0.1) is 13.8 Å². The maximum Gasteiger partial charge on any atom is 0.224 e. The number of hydrogen-bond donors (Lipinski definition) is 1. The van der Waals surface area contributed by atoms with Gasteiger partial charge in [-0.05, 0) is 53.8 Å². The van der Waals surface area contributed by atoms with Crippen molar-refractivity contribution in [3.05, 3.63) is 120 Å². The number of nitrogens with zero attached hydrogens (tertiary/aromatic N) is 2. The van der Waals surface area contributed by atoms with E-state index < -0.39 is 0 Å². The quantitative estimate of drug-likeness (QED) is 0.243. The molecule has 192 valence electrons. The number of fused-ring (bicyclic) bond motifs is 1. The van der Waals surface area contributed by atoms with Crippen LogP contribution in [0.3, 0.4) is 0 Å². The lowest BCUT2D eigenvalue weighted by Gasteiger charge is -2.14. The third kappa shape index (κ3) is 5.94. The fourth-order valence-electron chi connectivity index (χ4n) is 4.84. The summed E-state index contributed by atoms with van der Waals surface area (Å²) in [6, 6.07) is 32.8. The molecule has 1 amide bonds. The predicted octanol–water partition coefficient (Wildman–Crippen LogP) is 6.30. The van der Waals surface area contributed by atoms with Crippen LogP contribution in [0.25, 0.3) is 22.2 Å². The highest BCUT2D eigenvalue weighted by molar-refractivity contribution is 5.79. The van der Waals surface area contributed by atoms with Gasteiger partial charge in [-0.1, -0.05) is 84.9 Å². The minimum atomic E-state index is 0.0125. The van der Waals surface area contributed by atoms with E-state index in [-0.39, 0.29) is 5.91 Å². The first-order chi connectivity index (χ1) is 18.6. The maximum atomic E-state index is 12.6. The number of aromatic nitrogens is 2. The number of hydrogen-bond acceptors (Lipinski definition) is 3. The lowest BCUT2D eigenvalue weighted by atomic mass is 10.0. The summed E-state index contributed by atoms with van der Waals surface area (Å²) in [5.74, 6) is 1.91. The Hall–Kier alpha value is -4.38. The van der Waals surface area contributed by atoms with Gasteiger partial charge in [0.2, 0.25) is 5.91 Å². The van der Waals surface area contributed by atoms with Gasteiger partial charge in [-0.15, -0.1) is 0 Å². The maximum absolute atomic E-state index is 12.6. The predicted molar refractivity (Wildman–Crippen MR) is 153 cm³/mol. The molecule has 0 unspecified atom stereocenters. The van der Waals surface area contributed by atoms with Gasteiger partial charge in [-0.25, -0.2) is 4.98 Å².